The Labute approximate surface area is 115 Å². The number of likely N-dealkylation sites (N-methyl/N-ethyl adjacent to an activating group) is 1. The summed E-state index contributed by atoms with van der Waals surface area (Å²) in [5.74, 6) is 1.49. The second-order valence-corrected chi connectivity index (χ2v) is 5.42. The van der Waals surface area contributed by atoms with Gasteiger partial charge in [-0.05, 0) is 39.8 Å². The minimum atomic E-state index is 0.287. The monoisotopic (exact) mass is 264 g/mol. The van der Waals surface area contributed by atoms with E-state index >= 15 is 0 Å². The van der Waals surface area contributed by atoms with Crippen molar-refractivity contribution in [3.8, 4) is 5.88 Å². The maximum atomic E-state index is 5.51. The van der Waals surface area contributed by atoms with Crippen LogP contribution in [0.1, 0.15) is 32.6 Å². The molecule has 5 heteroatoms. The SMILES string of the molecule is CCCOc1cc(NCC2(N(C)C)CCC2)ncn1. The molecule has 0 aromatic carbocycles. The van der Waals surface area contributed by atoms with E-state index in [2.05, 4.69) is 41.2 Å². The van der Waals surface area contributed by atoms with Gasteiger partial charge in [-0.25, -0.2) is 9.97 Å². The summed E-state index contributed by atoms with van der Waals surface area (Å²) in [4.78, 5) is 10.7. The molecule has 0 saturated heterocycles. The van der Waals surface area contributed by atoms with Crippen molar-refractivity contribution < 1.29 is 4.74 Å². The predicted octanol–water partition coefficient (Wildman–Crippen LogP) is 2.16. The number of hydrogen-bond acceptors (Lipinski definition) is 5. The fourth-order valence-corrected chi connectivity index (χ4v) is 2.34. The Kier molecular flexibility index (Phi) is 4.58. The van der Waals surface area contributed by atoms with E-state index in [1.54, 1.807) is 6.33 Å². The zero-order chi connectivity index (χ0) is 13.7. The quantitative estimate of drug-likeness (QED) is 0.818. The van der Waals surface area contributed by atoms with Crippen LogP contribution in [0.3, 0.4) is 0 Å². The highest BCUT2D eigenvalue weighted by Gasteiger charge is 2.38. The molecular formula is C14H24N4O. The van der Waals surface area contributed by atoms with E-state index in [1.165, 1.54) is 19.3 Å². The van der Waals surface area contributed by atoms with Crippen LogP contribution in [0.4, 0.5) is 5.82 Å². The van der Waals surface area contributed by atoms with Gasteiger partial charge in [0, 0.05) is 18.2 Å². The Morgan fingerprint density at radius 2 is 2.16 bits per heavy atom. The third-order valence-corrected chi connectivity index (χ3v) is 3.93. The molecule has 1 heterocycles. The van der Waals surface area contributed by atoms with Crippen LogP contribution in [0.2, 0.25) is 0 Å². The Bertz CT molecular complexity index is 404. The molecule has 1 saturated carbocycles. The lowest BCUT2D eigenvalue weighted by Crippen LogP contribution is -2.54. The third-order valence-electron chi connectivity index (χ3n) is 3.93. The predicted molar refractivity (Wildman–Crippen MR) is 76.6 cm³/mol. The molecular weight excluding hydrogens is 240 g/mol. The molecule has 0 aliphatic heterocycles. The summed E-state index contributed by atoms with van der Waals surface area (Å²) in [5, 5.41) is 3.41. The van der Waals surface area contributed by atoms with Crippen molar-refractivity contribution in [3.05, 3.63) is 12.4 Å². The fourth-order valence-electron chi connectivity index (χ4n) is 2.34. The second kappa shape index (κ2) is 6.19. The van der Waals surface area contributed by atoms with E-state index in [-0.39, 0.29) is 5.54 Å². The summed E-state index contributed by atoms with van der Waals surface area (Å²) >= 11 is 0. The fraction of sp³-hybridized carbons (Fsp3) is 0.714. The van der Waals surface area contributed by atoms with Crippen LogP contribution in [0.5, 0.6) is 5.88 Å². The van der Waals surface area contributed by atoms with Gasteiger partial charge < -0.3 is 15.0 Å². The molecule has 2 rings (SSSR count). The van der Waals surface area contributed by atoms with E-state index in [0.717, 1.165) is 18.8 Å². The number of nitrogens with one attached hydrogen (secondary N) is 1. The van der Waals surface area contributed by atoms with Crippen molar-refractivity contribution in [1.82, 2.24) is 14.9 Å². The Balaban J connectivity index is 1.92. The van der Waals surface area contributed by atoms with Crippen LogP contribution in [0, 0.1) is 0 Å². The standard InChI is InChI=1S/C14H24N4O/c1-4-8-19-13-9-12(16-11-17-13)15-10-14(18(2)3)6-5-7-14/h9,11H,4-8,10H2,1-3H3,(H,15,16,17). The number of nitrogens with zero attached hydrogens (tertiary/aromatic N) is 3. The molecule has 0 unspecified atom stereocenters. The van der Waals surface area contributed by atoms with Gasteiger partial charge in [-0.1, -0.05) is 6.92 Å². The van der Waals surface area contributed by atoms with Gasteiger partial charge in [-0.2, -0.15) is 0 Å². The van der Waals surface area contributed by atoms with Gasteiger partial charge in [0.2, 0.25) is 5.88 Å². The van der Waals surface area contributed by atoms with E-state index in [1.807, 2.05) is 6.07 Å². The van der Waals surface area contributed by atoms with Crippen LogP contribution < -0.4 is 10.1 Å². The smallest absolute Gasteiger partial charge is 0.218 e. The van der Waals surface area contributed by atoms with Gasteiger partial charge >= 0.3 is 0 Å². The first-order valence-corrected chi connectivity index (χ1v) is 7.02. The summed E-state index contributed by atoms with van der Waals surface area (Å²) < 4.78 is 5.51. The molecule has 1 aliphatic carbocycles. The Morgan fingerprint density at radius 1 is 1.37 bits per heavy atom. The van der Waals surface area contributed by atoms with Crippen LogP contribution in [0.25, 0.3) is 0 Å². The highest BCUT2D eigenvalue weighted by molar-refractivity contribution is 5.37. The average Bonchev–Trinajstić information content (AvgIpc) is 2.35. The van der Waals surface area contributed by atoms with Gasteiger partial charge in [-0.3, -0.25) is 0 Å². The first-order valence-electron chi connectivity index (χ1n) is 7.02. The summed E-state index contributed by atoms with van der Waals surface area (Å²) in [5.41, 5.74) is 0.287. The molecule has 1 N–H and O–H groups in total. The summed E-state index contributed by atoms with van der Waals surface area (Å²) in [6.45, 7) is 3.69. The van der Waals surface area contributed by atoms with E-state index in [4.69, 9.17) is 4.74 Å². The topological polar surface area (TPSA) is 50.3 Å². The van der Waals surface area contributed by atoms with E-state index in [0.29, 0.717) is 12.5 Å². The molecule has 1 fully saturated rings. The average molecular weight is 264 g/mol. The van der Waals surface area contributed by atoms with Gasteiger partial charge in [0.1, 0.15) is 12.1 Å². The third kappa shape index (κ3) is 3.35. The number of anilines is 1. The molecule has 106 valence electrons. The largest absolute Gasteiger partial charge is 0.478 e. The lowest BCUT2D eigenvalue weighted by molar-refractivity contribution is 0.0738. The Hall–Kier alpha value is -1.36. The molecule has 0 amide bonds. The first kappa shape index (κ1) is 14.1. The number of aromatic nitrogens is 2. The van der Waals surface area contributed by atoms with Crippen LogP contribution in [-0.2, 0) is 0 Å². The Morgan fingerprint density at radius 3 is 2.74 bits per heavy atom. The molecule has 19 heavy (non-hydrogen) atoms. The molecule has 0 atom stereocenters. The number of hydrogen-bond donors (Lipinski definition) is 1. The second-order valence-electron chi connectivity index (χ2n) is 5.42. The zero-order valence-corrected chi connectivity index (χ0v) is 12.1. The molecule has 5 nitrogen and oxygen atoms in total. The van der Waals surface area contributed by atoms with Crippen molar-refractivity contribution in [2.75, 3.05) is 32.6 Å². The molecule has 0 radical (unpaired) electrons. The molecule has 1 aromatic rings. The maximum absolute atomic E-state index is 5.51. The van der Waals surface area contributed by atoms with Crippen molar-refractivity contribution in [1.29, 1.82) is 0 Å². The van der Waals surface area contributed by atoms with Crippen LogP contribution in [0.15, 0.2) is 12.4 Å². The van der Waals surface area contributed by atoms with Gasteiger partial charge in [0.15, 0.2) is 0 Å². The van der Waals surface area contributed by atoms with Gasteiger partial charge in [0.25, 0.3) is 0 Å². The maximum Gasteiger partial charge on any atom is 0.218 e. The van der Waals surface area contributed by atoms with Crippen molar-refractivity contribution >= 4 is 5.82 Å². The zero-order valence-electron chi connectivity index (χ0n) is 12.1. The van der Waals surface area contributed by atoms with Crippen molar-refractivity contribution in [2.24, 2.45) is 0 Å². The van der Waals surface area contributed by atoms with Gasteiger partial charge in [-0.15, -0.1) is 0 Å². The summed E-state index contributed by atoms with van der Waals surface area (Å²) in [7, 11) is 4.30. The highest BCUT2D eigenvalue weighted by atomic mass is 16.5. The van der Waals surface area contributed by atoms with E-state index < -0.39 is 0 Å². The minimum Gasteiger partial charge on any atom is -0.478 e. The number of rotatable bonds is 7. The van der Waals surface area contributed by atoms with Gasteiger partial charge in [0.05, 0.1) is 6.61 Å². The van der Waals surface area contributed by atoms with Crippen molar-refractivity contribution in [2.45, 2.75) is 38.1 Å². The minimum absolute atomic E-state index is 0.287. The lowest BCUT2D eigenvalue weighted by Gasteiger charge is -2.47. The molecule has 0 bridgehead atoms. The first-order chi connectivity index (χ1) is 9.16. The van der Waals surface area contributed by atoms with Crippen LogP contribution >= 0.6 is 0 Å². The lowest BCUT2D eigenvalue weighted by atomic mass is 9.75. The normalized spacial score (nSPS) is 17.1. The van der Waals surface area contributed by atoms with Crippen LogP contribution in [-0.4, -0.2) is 47.7 Å². The van der Waals surface area contributed by atoms with Crippen molar-refractivity contribution in [3.63, 3.8) is 0 Å². The van der Waals surface area contributed by atoms with E-state index in [9.17, 15) is 0 Å². The summed E-state index contributed by atoms with van der Waals surface area (Å²) in [6, 6.07) is 1.87. The number of ether oxygens (including phenoxy) is 1. The molecule has 0 spiro atoms. The molecule has 1 aliphatic rings. The molecule has 1 aromatic heterocycles. The highest BCUT2D eigenvalue weighted by Crippen LogP contribution is 2.36. The summed E-state index contributed by atoms with van der Waals surface area (Å²) in [6.07, 6.45) is 6.34.